The van der Waals surface area contributed by atoms with Crippen molar-refractivity contribution in [3.05, 3.63) is 64.2 Å². The van der Waals surface area contributed by atoms with Crippen molar-refractivity contribution in [2.75, 3.05) is 0 Å². The van der Waals surface area contributed by atoms with Gasteiger partial charge < -0.3 is 0 Å². The second kappa shape index (κ2) is 9.23. The van der Waals surface area contributed by atoms with Gasteiger partial charge in [-0.2, -0.15) is 0 Å². The minimum atomic E-state index is -0.424. The number of non-ortho nitro benzene ring substituents is 1. The van der Waals surface area contributed by atoms with Crippen LogP contribution >= 0.6 is 44.9 Å². The third-order valence-electron chi connectivity index (χ3n) is 2.28. The largest absolute Gasteiger partial charge is 0.269 e. The second-order valence-corrected chi connectivity index (χ2v) is 6.15. The van der Waals surface area contributed by atoms with Crippen molar-refractivity contribution in [1.82, 2.24) is 0 Å². The molecule has 106 valence electrons. The van der Waals surface area contributed by atoms with Crippen LogP contribution in [0.25, 0.3) is 0 Å². The molecule has 0 saturated heterocycles. The highest BCUT2D eigenvalue weighted by atomic mass is 33.1. The van der Waals surface area contributed by atoms with Gasteiger partial charge in [0.25, 0.3) is 5.69 Å². The highest BCUT2D eigenvalue weighted by molar-refractivity contribution is 8.68. The van der Waals surface area contributed by atoms with Crippen LogP contribution in [0, 0.1) is 17.0 Å². The first-order chi connectivity index (χ1) is 9.56. The average Bonchev–Trinajstić information content (AvgIpc) is 2.49. The molecular weight excluding hydrogens is 330 g/mol. The van der Waals surface area contributed by atoms with Crippen LogP contribution in [0.3, 0.4) is 0 Å². The summed E-state index contributed by atoms with van der Waals surface area (Å²) in [6.45, 7) is 2.08. The van der Waals surface area contributed by atoms with E-state index < -0.39 is 4.92 Å². The Morgan fingerprint density at radius 1 is 0.900 bits per heavy atom. The SMILES string of the molecule is Cc1ccc(SS)cc1.O=[N+]([O-])c1ccc(SS)cc1. The van der Waals surface area contributed by atoms with Crippen LogP contribution < -0.4 is 0 Å². The van der Waals surface area contributed by atoms with Crippen molar-refractivity contribution in [3.63, 3.8) is 0 Å². The quantitative estimate of drug-likeness (QED) is 0.336. The monoisotopic (exact) mass is 343 g/mol. The number of nitro benzene ring substituents is 1. The van der Waals surface area contributed by atoms with Crippen LogP contribution in [0.2, 0.25) is 0 Å². The lowest BCUT2D eigenvalue weighted by molar-refractivity contribution is -0.384. The zero-order valence-corrected chi connectivity index (χ0v) is 14.0. The predicted octanol–water partition coefficient (Wildman–Crippen LogP) is 5.46. The van der Waals surface area contributed by atoms with Gasteiger partial charge in [0.1, 0.15) is 0 Å². The molecule has 0 N–H and O–H groups in total. The zero-order chi connectivity index (χ0) is 15.0. The molecule has 0 amide bonds. The molecule has 7 heteroatoms. The molecule has 0 saturated carbocycles. The second-order valence-electron chi connectivity index (χ2n) is 3.75. The summed E-state index contributed by atoms with van der Waals surface area (Å²) in [6, 6.07) is 14.5. The van der Waals surface area contributed by atoms with Crippen LogP contribution in [-0.4, -0.2) is 4.92 Å². The molecule has 0 aliphatic carbocycles. The molecule has 2 aromatic rings. The maximum absolute atomic E-state index is 10.2. The van der Waals surface area contributed by atoms with Crippen molar-refractivity contribution in [3.8, 4) is 0 Å². The maximum atomic E-state index is 10.2. The molecule has 0 unspecified atom stereocenters. The van der Waals surface area contributed by atoms with E-state index in [-0.39, 0.29) is 5.69 Å². The summed E-state index contributed by atoms with van der Waals surface area (Å²) >= 11 is 8.00. The van der Waals surface area contributed by atoms with Gasteiger partial charge in [0.05, 0.1) is 4.92 Å². The average molecular weight is 344 g/mol. The minimum Gasteiger partial charge on any atom is -0.258 e. The first-order valence-electron chi connectivity index (χ1n) is 5.50. The van der Waals surface area contributed by atoms with Crippen LogP contribution in [0.5, 0.6) is 0 Å². The van der Waals surface area contributed by atoms with Gasteiger partial charge in [-0.1, -0.05) is 39.3 Å². The van der Waals surface area contributed by atoms with Crippen molar-refractivity contribution in [2.24, 2.45) is 0 Å². The normalized spacial score (nSPS) is 9.55. The van der Waals surface area contributed by atoms with Gasteiger partial charge in [-0.15, -0.1) is 23.3 Å². The fraction of sp³-hybridized carbons (Fsp3) is 0.0769. The Morgan fingerprint density at radius 2 is 1.30 bits per heavy atom. The molecule has 0 aliphatic heterocycles. The Morgan fingerprint density at radius 3 is 1.65 bits per heavy atom. The number of rotatable bonds is 3. The van der Waals surface area contributed by atoms with E-state index in [1.165, 1.54) is 44.2 Å². The third kappa shape index (κ3) is 6.13. The molecule has 20 heavy (non-hydrogen) atoms. The number of hydrogen-bond acceptors (Lipinski definition) is 6. The van der Waals surface area contributed by atoms with Crippen molar-refractivity contribution < 1.29 is 4.92 Å². The van der Waals surface area contributed by atoms with E-state index in [0.29, 0.717) is 0 Å². The highest BCUT2D eigenvalue weighted by Gasteiger charge is 2.02. The molecule has 0 aliphatic rings. The smallest absolute Gasteiger partial charge is 0.258 e. The maximum Gasteiger partial charge on any atom is 0.269 e. The Labute approximate surface area is 136 Å². The summed E-state index contributed by atoms with van der Waals surface area (Å²) in [5.41, 5.74) is 1.40. The van der Waals surface area contributed by atoms with Gasteiger partial charge in [0.2, 0.25) is 0 Å². The zero-order valence-electron chi connectivity index (χ0n) is 10.6. The van der Waals surface area contributed by atoms with E-state index in [1.54, 1.807) is 12.1 Å². The molecule has 3 nitrogen and oxygen atoms in total. The summed E-state index contributed by atoms with van der Waals surface area (Å²) in [5.74, 6) is 0. The lowest BCUT2D eigenvalue weighted by atomic mass is 10.2. The summed E-state index contributed by atoms with van der Waals surface area (Å²) in [5, 5.41) is 10.2. The van der Waals surface area contributed by atoms with Crippen LogP contribution in [0.4, 0.5) is 5.69 Å². The van der Waals surface area contributed by atoms with Gasteiger partial charge in [0, 0.05) is 21.9 Å². The first kappa shape index (κ1) is 17.3. The van der Waals surface area contributed by atoms with Crippen molar-refractivity contribution in [1.29, 1.82) is 0 Å². The van der Waals surface area contributed by atoms with Crippen LogP contribution in [0.1, 0.15) is 5.56 Å². The fourth-order valence-corrected chi connectivity index (χ4v) is 2.47. The number of nitrogens with zero attached hydrogens (tertiary/aromatic N) is 1. The van der Waals surface area contributed by atoms with Crippen molar-refractivity contribution in [2.45, 2.75) is 16.7 Å². The molecule has 0 fully saturated rings. The molecule has 0 spiro atoms. The summed E-state index contributed by atoms with van der Waals surface area (Å²) in [6.07, 6.45) is 0. The number of hydrogen-bond donors (Lipinski definition) is 2. The van der Waals surface area contributed by atoms with E-state index >= 15 is 0 Å². The molecular formula is C13H13NO2S4. The molecule has 2 rings (SSSR count). The number of thiol groups is 2. The number of nitro groups is 1. The van der Waals surface area contributed by atoms with Crippen LogP contribution in [-0.2, 0) is 0 Å². The van der Waals surface area contributed by atoms with Gasteiger partial charge in [-0.25, -0.2) is 0 Å². The molecule has 0 aromatic heterocycles. The Hall–Kier alpha value is -0.760. The lowest BCUT2D eigenvalue weighted by Gasteiger charge is -1.93. The molecule has 0 heterocycles. The topological polar surface area (TPSA) is 43.1 Å². The fourth-order valence-electron chi connectivity index (χ4n) is 1.23. The van der Waals surface area contributed by atoms with E-state index in [2.05, 4.69) is 54.5 Å². The molecule has 0 radical (unpaired) electrons. The summed E-state index contributed by atoms with van der Waals surface area (Å²) < 4.78 is 0. The van der Waals surface area contributed by atoms with Gasteiger partial charge >= 0.3 is 0 Å². The Balaban J connectivity index is 0.000000204. The van der Waals surface area contributed by atoms with E-state index in [1.807, 2.05) is 0 Å². The van der Waals surface area contributed by atoms with Gasteiger partial charge in [0.15, 0.2) is 0 Å². The highest BCUT2D eigenvalue weighted by Crippen LogP contribution is 2.23. The number of benzene rings is 2. The van der Waals surface area contributed by atoms with Gasteiger partial charge in [-0.3, -0.25) is 10.1 Å². The molecule has 0 atom stereocenters. The van der Waals surface area contributed by atoms with Gasteiger partial charge in [-0.05, 0) is 31.2 Å². The number of aryl methyl sites for hydroxylation is 1. The van der Waals surface area contributed by atoms with E-state index in [9.17, 15) is 10.1 Å². The van der Waals surface area contributed by atoms with Crippen LogP contribution in [0.15, 0.2) is 58.3 Å². The molecule has 2 aromatic carbocycles. The molecule has 0 bridgehead atoms. The summed E-state index contributed by atoms with van der Waals surface area (Å²) in [4.78, 5) is 11.9. The predicted molar refractivity (Wildman–Crippen MR) is 94.0 cm³/mol. The van der Waals surface area contributed by atoms with Crippen molar-refractivity contribution >= 4 is 50.6 Å². The van der Waals surface area contributed by atoms with E-state index in [4.69, 9.17) is 0 Å². The Bertz CT molecular complexity index is 543. The summed E-state index contributed by atoms with van der Waals surface area (Å²) in [7, 11) is 2.73. The lowest BCUT2D eigenvalue weighted by Crippen LogP contribution is -1.85. The standard InChI is InChI=1S/C7H8S2.C6H5NO2S2/c1-6-2-4-7(9-8)5-3-6;8-7(9)5-1-3-6(11-10)4-2-5/h2-5,8H,1H3;1-4,10H. The third-order valence-corrected chi connectivity index (χ3v) is 4.51. The minimum absolute atomic E-state index is 0.108. The Kier molecular flexibility index (Phi) is 7.98. The van der Waals surface area contributed by atoms with E-state index in [0.717, 1.165) is 4.90 Å². The first-order valence-corrected chi connectivity index (χ1v) is 9.24.